The molecule has 5 nitrogen and oxygen atoms in total. The van der Waals surface area contributed by atoms with Crippen molar-refractivity contribution in [3.05, 3.63) is 23.3 Å². The van der Waals surface area contributed by atoms with Gasteiger partial charge in [0.2, 0.25) is 0 Å². The van der Waals surface area contributed by atoms with Gasteiger partial charge in [0.05, 0.1) is 18.4 Å². The molecule has 2 aliphatic carbocycles. The number of esters is 1. The molecule has 0 unspecified atom stereocenters. The molecule has 0 aromatic heterocycles. The molecule has 0 radical (unpaired) electrons. The van der Waals surface area contributed by atoms with Crippen LogP contribution in [-0.4, -0.2) is 40.8 Å². The average Bonchev–Trinajstić information content (AvgIpc) is 3.03. The van der Waals surface area contributed by atoms with Crippen molar-refractivity contribution in [1.82, 2.24) is 4.90 Å². The second kappa shape index (κ2) is 9.99. The minimum absolute atomic E-state index is 0.0133. The van der Waals surface area contributed by atoms with E-state index in [4.69, 9.17) is 9.73 Å². The number of nitrogens with zero attached hydrogens (tertiary/aromatic N) is 2. The Hall–Kier alpha value is -1.91. The van der Waals surface area contributed by atoms with E-state index in [-0.39, 0.29) is 34.9 Å². The zero-order valence-corrected chi connectivity index (χ0v) is 22.7. The molecule has 5 heteroatoms. The first-order valence-corrected chi connectivity index (χ1v) is 13.2. The van der Waals surface area contributed by atoms with Crippen LogP contribution in [0.4, 0.5) is 0 Å². The third kappa shape index (κ3) is 6.20. The number of carbonyl (C=O) groups excluding carboxylic acids is 2. The Labute approximate surface area is 207 Å². The van der Waals surface area contributed by atoms with Crippen LogP contribution in [0.5, 0.6) is 0 Å². The Morgan fingerprint density at radius 2 is 1.76 bits per heavy atom. The Balaban J connectivity index is 1.88. The van der Waals surface area contributed by atoms with Crippen molar-refractivity contribution in [3.63, 3.8) is 0 Å². The molecule has 1 heterocycles. The predicted molar refractivity (Wildman–Crippen MR) is 139 cm³/mol. The lowest BCUT2D eigenvalue weighted by molar-refractivity contribution is -0.143. The Morgan fingerprint density at radius 1 is 1.12 bits per heavy atom. The molecule has 1 atom stereocenters. The Kier molecular flexibility index (Phi) is 7.84. The van der Waals surface area contributed by atoms with Crippen LogP contribution in [0.3, 0.4) is 0 Å². The molecule has 0 aromatic rings. The minimum Gasteiger partial charge on any atom is -0.460 e. The first kappa shape index (κ1) is 26.7. The molecule has 1 fully saturated rings. The fourth-order valence-corrected chi connectivity index (χ4v) is 5.71. The van der Waals surface area contributed by atoms with Crippen molar-refractivity contribution in [1.29, 1.82) is 0 Å². The second-order valence-electron chi connectivity index (χ2n) is 13.1. The van der Waals surface area contributed by atoms with Crippen LogP contribution in [0.1, 0.15) is 107 Å². The van der Waals surface area contributed by atoms with E-state index in [0.717, 1.165) is 50.5 Å². The quantitative estimate of drug-likeness (QED) is 0.410. The van der Waals surface area contributed by atoms with Crippen LogP contribution in [0.25, 0.3) is 0 Å². The molecular weight excluding hydrogens is 424 g/mol. The summed E-state index contributed by atoms with van der Waals surface area (Å²) in [5.74, 6) is 0.474. The van der Waals surface area contributed by atoms with E-state index >= 15 is 0 Å². The van der Waals surface area contributed by atoms with Crippen LogP contribution in [0.2, 0.25) is 0 Å². The Morgan fingerprint density at radius 3 is 2.26 bits per heavy atom. The number of carbonyl (C=O) groups is 2. The summed E-state index contributed by atoms with van der Waals surface area (Å²) < 4.78 is 5.40. The summed E-state index contributed by atoms with van der Waals surface area (Å²) in [5.41, 5.74) is 2.00. The van der Waals surface area contributed by atoms with E-state index < -0.39 is 5.66 Å². The third-order valence-corrected chi connectivity index (χ3v) is 7.81. The van der Waals surface area contributed by atoms with Crippen LogP contribution < -0.4 is 0 Å². The summed E-state index contributed by atoms with van der Waals surface area (Å²) in [5, 5.41) is 0. The van der Waals surface area contributed by atoms with Crippen LogP contribution in [0, 0.1) is 16.7 Å². The maximum absolute atomic E-state index is 13.3. The van der Waals surface area contributed by atoms with Crippen molar-refractivity contribution < 1.29 is 14.3 Å². The van der Waals surface area contributed by atoms with Gasteiger partial charge in [-0.05, 0) is 87.5 Å². The highest BCUT2D eigenvalue weighted by atomic mass is 16.5. The molecule has 3 rings (SSSR count). The van der Waals surface area contributed by atoms with Gasteiger partial charge in [-0.1, -0.05) is 53.7 Å². The number of hydrogen-bond acceptors (Lipinski definition) is 4. The zero-order valence-electron chi connectivity index (χ0n) is 22.7. The fraction of sp³-hybridized carbons (Fsp3) is 0.759. The van der Waals surface area contributed by atoms with Crippen LogP contribution >= 0.6 is 0 Å². The van der Waals surface area contributed by atoms with Gasteiger partial charge in [0.1, 0.15) is 5.66 Å². The van der Waals surface area contributed by atoms with Gasteiger partial charge in [-0.2, -0.15) is 0 Å². The van der Waals surface area contributed by atoms with Gasteiger partial charge in [0.15, 0.2) is 0 Å². The topological polar surface area (TPSA) is 59.0 Å². The van der Waals surface area contributed by atoms with E-state index in [1.807, 2.05) is 19.9 Å². The van der Waals surface area contributed by atoms with Crippen molar-refractivity contribution in [2.24, 2.45) is 21.7 Å². The number of amides is 1. The van der Waals surface area contributed by atoms with Crippen molar-refractivity contribution >= 4 is 18.1 Å². The number of aliphatic imine (C=N–C) groups is 1. The normalized spacial score (nSPS) is 26.7. The zero-order chi connectivity index (χ0) is 25.3. The summed E-state index contributed by atoms with van der Waals surface area (Å²) in [7, 11) is 0. The first-order chi connectivity index (χ1) is 15.7. The molecule has 0 N–H and O–H groups in total. The maximum atomic E-state index is 13.3. The monoisotopic (exact) mass is 470 g/mol. The summed E-state index contributed by atoms with van der Waals surface area (Å²) in [6.45, 7) is 17.5. The molecular formula is C29H46N2O3. The molecule has 1 saturated carbocycles. The lowest BCUT2D eigenvalue weighted by Crippen LogP contribution is -2.55. The molecule has 1 spiro atoms. The molecule has 190 valence electrons. The molecule has 0 aromatic carbocycles. The minimum atomic E-state index is -0.414. The number of hydrogen-bond donors (Lipinski definition) is 0. The third-order valence-electron chi connectivity index (χ3n) is 7.81. The highest BCUT2D eigenvalue weighted by Gasteiger charge is 2.50. The van der Waals surface area contributed by atoms with Crippen LogP contribution in [-0.2, 0) is 14.3 Å². The van der Waals surface area contributed by atoms with Crippen LogP contribution in [0.15, 0.2) is 28.3 Å². The second-order valence-corrected chi connectivity index (χ2v) is 13.1. The molecule has 1 aliphatic heterocycles. The van der Waals surface area contributed by atoms with E-state index in [9.17, 15) is 9.59 Å². The van der Waals surface area contributed by atoms with Gasteiger partial charge in [0, 0.05) is 5.57 Å². The molecule has 1 amide bonds. The van der Waals surface area contributed by atoms with Gasteiger partial charge in [-0.3, -0.25) is 9.79 Å². The standard InChI is InChI=1S/C29H46N2O3/c1-20(2)34-26(33)22-11-9-21(10-12-22)24(15-16-27(3,4)5)31-25(32)19-30-29(31)17-13-23(14-18-29)28(6,7)8/h9,11,19-20,23-24H,10,12-18H2,1-8H3/t23?,24-,29?/m1/s1. The molecule has 0 saturated heterocycles. The lowest BCUT2D eigenvalue weighted by atomic mass is 9.69. The first-order valence-electron chi connectivity index (χ1n) is 13.2. The van der Waals surface area contributed by atoms with Gasteiger partial charge < -0.3 is 9.64 Å². The van der Waals surface area contributed by atoms with E-state index in [1.54, 1.807) is 6.21 Å². The summed E-state index contributed by atoms with van der Waals surface area (Å²) >= 11 is 0. The molecule has 0 bridgehead atoms. The summed E-state index contributed by atoms with van der Waals surface area (Å²) in [4.78, 5) is 32.7. The summed E-state index contributed by atoms with van der Waals surface area (Å²) in [6, 6.07) is 0.0133. The van der Waals surface area contributed by atoms with E-state index in [2.05, 4.69) is 52.5 Å². The number of allylic oxidation sites excluding steroid dienone is 2. The fourth-order valence-electron chi connectivity index (χ4n) is 5.71. The highest BCUT2D eigenvalue weighted by molar-refractivity contribution is 6.28. The van der Waals surface area contributed by atoms with Gasteiger partial charge in [-0.25, -0.2) is 4.79 Å². The maximum Gasteiger partial charge on any atom is 0.334 e. The van der Waals surface area contributed by atoms with Gasteiger partial charge in [0.25, 0.3) is 5.91 Å². The predicted octanol–water partition coefficient (Wildman–Crippen LogP) is 6.63. The van der Waals surface area contributed by atoms with Crippen molar-refractivity contribution in [3.8, 4) is 0 Å². The van der Waals surface area contributed by atoms with E-state index in [1.165, 1.54) is 5.57 Å². The van der Waals surface area contributed by atoms with Gasteiger partial charge >= 0.3 is 5.97 Å². The Bertz CT molecular complexity index is 859. The molecule has 3 aliphatic rings. The molecule has 34 heavy (non-hydrogen) atoms. The van der Waals surface area contributed by atoms with Gasteiger partial charge in [-0.15, -0.1) is 0 Å². The van der Waals surface area contributed by atoms with Crippen molar-refractivity contribution in [2.75, 3.05) is 0 Å². The lowest BCUT2D eigenvalue weighted by Gasteiger charge is -2.48. The summed E-state index contributed by atoms with van der Waals surface area (Å²) in [6.07, 6.45) is 12.9. The SMILES string of the molecule is CC(C)OC(=O)C1=CC=C([C@@H](CCC(C)(C)C)N2C(=O)C=NC23CCC(C(C)(C)C)CC3)CC1. The average molecular weight is 471 g/mol. The smallest absolute Gasteiger partial charge is 0.334 e. The van der Waals surface area contributed by atoms with E-state index in [0.29, 0.717) is 12.3 Å². The largest absolute Gasteiger partial charge is 0.460 e. The highest BCUT2D eigenvalue weighted by Crippen LogP contribution is 2.47. The van der Waals surface area contributed by atoms with Crippen molar-refractivity contribution in [2.45, 2.75) is 125 Å². The number of ether oxygens (including phenoxy) is 1. The number of rotatable bonds is 6.